The van der Waals surface area contributed by atoms with E-state index in [1.54, 1.807) is 18.3 Å². The van der Waals surface area contributed by atoms with Crippen molar-refractivity contribution in [2.24, 2.45) is 5.84 Å². The minimum Gasteiger partial charge on any atom is -0.336 e. The summed E-state index contributed by atoms with van der Waals surface area (Å²) in [5.74, 6) is 10.7. The lowest BCUT2D eigenvalue weighted by Crippen LogP contribution is -2.31. The van der Waals surface area contributed by atoms with Crippen LogP contribution in [0.5, 0.6) is 0 Å². The topological polar surface area (TPSA) is 125 Å². The molecule has 2 heterocycles. The van der Waals surface area contributed by atoms with Crippen molar-refractivity contribution in [3.8, 4) is 0 Å². The molecule has 0 saturated heterocycles. The van der Waals surface area contributed by atoms with Gasteiger partial charge in [-0.25, -0.2) is 10.5 Å². The molecule has 0 aromatic carbocycles. The Kier molecular flexibility index (Phi) is 3.75. The maximum absolute atomic E-state index is 11.5. The van der Waals surface area contributed by atoms with Gasteiger partial charge >= 0.3 is 0 Å². The number of amides is 1. The summed E-state index contributed by atoms with van der Waals surface area (Å²) in [4.78, 5) is 15.7. The fraction of sp³-hybridized carbons (Fsp3) is 0.111. The van der Waals surface area contributed by atoms with Gasteiger partial charge in [-0.1, -0.05) is 11.8 Å². The van der Waals surface area contributed by atoms with Gasteiger partial charge in [-0.05, 0) is 12.1 Å². The number of nitrogens with one attached hydrogen (secondary N) is 1. The average Bonchev–Trinajstić information content (AvgIpc) is 2.81. The molecular weight excluding hydrogens is 254 g/mol. The summed E-state index contributed by atoms with van der Waals surface area (Å²) >= 11 is 1.33. The second-order valence-corrected chi connectivity index (χ2v) is 4.22. The highest BCUT2D eigenvalue weighted by atomic mass is 32.2. The molecule has 0 bridgehead atoms. The lowest BCUT2D eigenvalue weighted by atomic mass is 10.2. The van der Waals surface area contributed by atoms with Gasteiger partial charge in [0.2, 0.25) is 5.16 Å². The summed E-state index contributed by atoms with van der Waals surface area (Å²) in [6, 6.07) is 3.32. The summed E-state index contributed by atoms with van der Waals surface area (Å²) in [6.45, 7) is 0. The quantitative estimate of drug-likeness (QED) is 0.288. The van der Waals surface area contributed by atoms with Gasteiger partial charge in [0.25, 0.3) is 5.91 Å². The van der Waals surface area contributed by atoms with E-state index in [0.717, 1.165) is 0 Å². The van der Waals surface area contributed by atoms with E-state index in [2.05, 4.69) is 20.6 Å². The molecule has 0 fully saturated rings. The van der Waals surface area contributed by atoms with Gasteiger partial charge in [-0.15, -0.1) is 10.2 Å². The monoisotopic (exact) mass is 265 g/mol. The second-order valence-electron chi connectivity index (χ2n) is 3.28. The molecule has 0 aliphatic rings. The molecule has 0 spiro atoms. The molecule has 8 nitrogen and oxygen atoms in total. The van der Waals surface area contributed by atoms with Crippen LogP contribution in [-0.4, -0.2) is 25.8 Å². The molecule has 2 rings (SSSR count). The number of rotatable bonds is 4. The Hall–Kier alpha value is -2.13. The summed E-state index contributed by atoms with van der Waals surface area (Å²) < 4.78 is 1.30. The van der Waals surface area contributed by atoms with Crippen LogP contribution in [0.4, 0.5) is 0 Å². The number of thioether (sulfide) groups is 1. The van der Waals surface area contributed by atoms with Crippen LogP contribution in [0.2, 0.25) is 0 Å². The van der Waals surface area contributed by atoms with Crippen LogP contribution in [0.1, 0.15) is 16.1 Å². The third kappa shape index (κ3) is 2.57. The number of hydrogen-bond acceptors (Lipinski definition) is 7. The highest BCUT2D eigenvalue weighted by molar-refractivity contribution is 7.98. The van der Waals surface area contributed by atoms with Gasteiger partial charge < -0.3 is 5.84 Å². The first-order valence-electron chi connectivity index (χ1n) is 4.95. The number of nitrogens with two attached hydrogens (primary N) is 2. The Morgan fingerprint density at radius 1 is 1.56 bits per heavy atom. The first-order chi connectivity index (χ1) is 8.72. The summed E-state index contributed by atoms with van der Waals surface area (Å²) in [5, 5.41) is 8.02. The number of hydrogen-bond donors (Lipinski definition) is 3. The van der Waals surface area contributed by atoms with Crippen LogP contribution in [0.25, 0.3) is 0 Å². The maximum atomic E-state index is 11.5. The Bertz CT molecular complexity index is 555. The van der Waals surface area contributed by atoms with Crippen molar-refractivity contribution < 1.29 is 4.79 Å². The molecule has 2 aromatic rings. The van der Waals surface area contributed by atoms with Gasteiger partial charge in [-0.3, -0.25) is 15.2 Å². The van der Waals surface area contributed by atoms with Crippen LogP contribution in [0, 0.1) is 0 Å². The van der Waals surface area contributed by atoms with Crippen LogP contribution >= 0.6 is 11.8 Å². The van der Waals surface area contributed by atoms with E-state index in [4.69, 9.17) is 11.7 Å². The van der Waals surface area contributed by atoms with Crippen molar-refractivity contribution in [3.05, 3.63) is 35.9 Å². The standard InChI is InChI=1S/C9H11N7OS/c10-14-8(17)6-2-1-3-12-7(6)4-18-9-15-13-5-16(9)11/h1-3,5H,4,10-11H2,(H,14,17). The summed E-state index contributed by atoms with van der Waals surface area (Å²) in [6.07, 6.45) is 3.00. The highest BCUT2D eigenvalue weighted by Crippen LogP contribution is 2.20. The summed E-state index contributed by atoms with van der Waals surface area (Å²) in [7, 11) is 0. The molecule has 5 N–H and O–H groups in total. The molecule has 9 heteroatoms. The van der Waals surface area contributed by atoms with E-state index >= 15 is 0 Å². The lowest BCUT2D eigenvalue weighted by Gasteiger charge is -2.06. The van der Waals surface area contributed by atoms with E-state index in [0.29, 0.717) is 22.2 Å². The molecule has 2 aromatic heterocycles. The molecule has 0 unspecified atom stereocenters. The van der Waals surface area contributed by atoms with Crippen LogP contribution in [-0.2, 0) is 5.75 Å². The number of aromatic nitrogens is 4. The number of hydrazine groups is 1. The molecule has 0 atom stereocenters. The van der Waals surface area contributed by atoms with E-state index in [9.17, 15) is 4.79 Å². The van der Waals surface area contributed by atoms with Crippen molar-refractivity contribution in [1.82, 2.24) is 25.3 Å². The Labute approximate surface area is 107 Å². The van der Waals surface area contributed by atoms with E-state index in [1.807, 2.05) is 0 Å². The molecule has 94 valence electrons. The van der Waals surface area contributed by atoms with Crippen molar-refractivity contribution in [1.29, 1.82) is 0 Å². The van der Waals surface area contributed by atoms with Crippen LogP contribution < -0.4 is 17.1 Å². The molecular formula is C9H11N7OS. The smallest absolute Gasteiger partial charge is 0.267 e. The zero-order chi connectivity index (χ0) is 13.0. The van der Waals surface area contributed by atoms with E-state index in [-0.39, 0.29) is 5.91 Å². The van der Waals surface area contributed by atoms with Gasteiger partial charge in [0.1, 0.15) is 6.33 Å². The molecule has 1 amide bonds. The van der Waals surface area contributed by atoms with E-state index in [1.165, 1.54) is 22.8 Å². The third-order valence-electron chi connectivity index (χ3n) is 2.14. The fourth-order valence-electron chi connectivity index (χ4n) is 1.31. The third-order valence-corrected chi connectivity index (χ3v) is 3.11. The normalized spacial score (nSPS) is 10.3. The molecule has 0 radical (unpaired) electrons. The first-order valence-corrected chi connectivity index (χ1v) is 5.93. The van der Waals surface area contributed by atoms with Crippen LogP contribution in [0.15, 0.2) is 29.8 Å². The van der Waals surface area contributed by atoms with Gasteiger partial charge in [0, 0.05) is 11.9 Å². The predicted molar refractivity (Wildman–Crippen MR) is 65.6 cm³/mol. The summed E-state index contributed by atoms with van der Waals surface area (Å²) in [5.41, 5.74) is 3.11. The van der Waals surface area contributed by atoms with Crippen molar-refractivity contribution in [2.75, 3.05) is 5.84 Å². The molecule has 0 saturated carbocycles. The Morgan fingerprint density at radius 2 is 2.39 bits per heavy atom. The second kappa shape index (κ2) is 5.47. The number of pyridine rings is 1. The average molecular weight is 265 g/mol. The van der Waals surface area contributed by atoms with Gasteiger partial charge in [0.15, 0.2) is 0 Å². The largest absolute Gasteiger partial charge is 0.336 e. The van der Waals surface area contributed by atoms with Crippen molar-refractivity contribution >= 4 is 17.7 Å². The van der Waals surface area contributed by atoms with E-state index < -0.39 is 0 Å². The number of carbonyl (C=O) groups excluding carboxylic acids is 1. The fourth-order valence-corrected chi connectivity index (χ4v) is 2.10. The maximum Gasteiger partial charge on any atom is 0.267 e. The zero-order valence-electron chi connectivity index (χ0n) is 9.28. The van der Waals surface area contributed by atoms with Gasteiger partial charge in [-0.2, -0.15) is 0 Å². The number of carbonyl (C=O) groups is 1. The predicted octanol–water partition coefficient (Wildman–Crippen LogP) is -0.717. The Morgan fingerprint density at radius 3 is 3.06 bits per heavy atom. The SMILES string of the molecule is NNC(=O)c1cccnc1CSc1nncn1N. The molecule has 18 heavy (non-hydrogen) atoms. The minimum atomic E-state index is -0.382. The van der Waals surface area contributed by atoms with Crippen molar-refractivity contribution in [2.45, 2.75) is 10.9 Å². The zero-order valence-corrected chi connectivity index (χ0v) is 10.1. The van der Waals surface area contributed by atoms with Crippen molar-refractivity contribution in [3.63, 3.8) is 0 Å². The number of nitrogens with zero attached hydrogens (tertiary/aromatic N) is 4. The molecule has 0 aliphatic carbocycles. The highest BCUT2D eigenvalue weighted by Gasteiger charge is 2.12. The first kappa shape index (κ1) is 12.3. The molecule has 0 aliphatic heterocycles. The Balaban J connectivity index is 2.14. The lowest BCUT2D eigenvalue weighted by molar-refractivity contribution is 0.0952. The number of nitrogen functional groups attached to an aromatic ring is 2. The van der Waals surface area contributed by atoms with Gasteiger partial charge in [0.05, 0.1) is 11.3 Å². The van der Waals surface area contributed by atoms with Crippen LogP contribution in [0.3, 0.4) is 0 Å². The minimum absolute atomic E-state index is 0.382.